The van der Waals surface area contributed by atoms with Crippen LogP contribution in [0.5, 0.6) is 11.5 Å². The van der Waals surface area contributed by atoms with E-state index in [0.717, 1.165) is 11.3 Å². The van der Waals surface area contributed by atoms with Gasteiger partial charge in [0.25, 0.3) is 5.91 Å². The number of thioether (sulfide) groups is 1. The van der Waals surface area contributed by atoms with Crippen molar-refractivity contribution < 1.29 is 19.1 Å². The molecule has 3 aromatic carbocycles. The highest BCUT2D eigenvalue weighted by atomic mass is 32.2. The van der Waals surface area contributed by atoms with Crippen molar-refractivity contribution >= 4 is 46.2 Å². The Morgan fingerprint density at radius 3 is 2.44 bits per heavy atom. The number of nitrogens with zero attached hydrogens (tertiary/aromatic N) is 3. The van der Waals surface area contributed by atoms with E-state index in [1.54, 1.807) is 15.9 Å². The molecule has 2 aliphatic heterocycles. The number of amides is 2. The maximum absolute atomic E-state index is 13.4. The Hall–Kier alpha value is -4.04. The van der Waals surface area contributed by atoms with Crippen molar-refractivity contribution in [1.82, 2.24) is 0 Å². The SMILES string of the molecule is CC(C)N(C(=O)CSC1=N/C(=C/c2ccc3c(c2)OCO3)C(=O)N1c1ccccc1)c1ccccc1. The zero-order valence-corrected chi connectivity index (χ0v) is 20.8. The lowest BCUT2D eigenvalue weighted by Crippen LogP contribution is -2.39. The minimum absolute atomic E-state index is 0.0145. The first kappa shape index (κ1) is 23.7. The predicted octanol–water partition coefficient (Wildman–Crippen LogP) is 5.33. The number of benzene rings is 3. The molecule has 0 N–H and O–H groups in total. The van der Waals surface area contributed by atoms with Gasteiger partial charge in [-0.3, -0.25) is 14.5 Å². The molecule has 182 valence electrons. The van der Waals surface area contributed by atoms with Crippen LogP contribution in [0, 0.1) is 0 Å². The van der Waals surface area contributed by atoms with Gasteiger partial charge in [0.15, 0.2) is 16.7 Å². The minimum atomic E-state index is -0.252. The molecule has 0 fully saturated rings. The molecule has 36 heavy (non-hydrogen) atoms. The van der Waals surface area contributed by atoms with Gasteiger partial charge in [0.05, 0.1) is 11.4 Å². The molecule has 0 atom stereocenters. The summed E-state index contributed by atoms with van der Waals surface area (Å²) in [6, 6.07) is 24.4. The summed E-state index contributed by atoms with van der Waals surface area (Å²) in [7, 11) is 0. The summed E-state index contributed by atoms with van der Waals surface area (Å²) in [6.07, 6.45) is 1.72. The van der Waals surface area contributed by atoms with Crippen LogP contribution in [0.1, 0.15) is 19.4 Å². The highest BCUT2D eigenvalue weighted by Gasteiger charge is 2.33. The summed E-state index contributed by atoms with van der Waals surface area (Å²) in [6.45, 7) is 4.14. The molecular weight excluding hydrogens is 474 g/mol. The number of hydrogen-bond acceptors (Lipinski definition) is 6. The zero-order chi connectivity index (χ0) is 25.1. The van der Waals surface area contributed by atoms with Crippen LogP contribution in [-0.2, 0) is 9.59 Å². The van der Waals surface area contributed by atoms with Crippen molar-refractivity contribution in [2.75, 3.05) is 22.3 Å². The van der Waals surface area contributed by atoms with E-state index in [2.05, 4.69) is 4.99 Å². The van der Waals surface area contributed by atoms with Crippen molar-refractivity contribution in [3.05, 3.63) is 90.1 Å². The van der Waals surface area contributed by atoms with Gasteiger partial charge in [-0.1, -0.05) is 54.2 Å². The minimum Gasteiger partial charge on any atom is -0.454 e. The Morgan fingerprint density at radius 1 is 1.03 bits per heavy atom. The van der Waals surface area contributed by atoms with Crippen LogP contribution < -0.4 is 19.3 Å². The lowest BCUT2D eigenvalue weighted by Gasteiger charge is -2.27. The molecule has 5 rings (SSSR count). The normalized spacial score (nSPS) is 15.5. The molecule has 8 heteroatoms. The number of ether oxygens (including phenoxy) is 2. The smallest absolute Gasteiger partial charge is 0.283 e. The molecule has 0 unspecified atom stereocenters. The zero-order valence-electron chi connectivity index (χ0n) is 20.0. The first-order valence-electron chi connectivity index (χ1n) is 11.6. The van der Waals surface area contributed by atoms with E-state index in [1.165, 1.54) is 11.8 Å². The van der Waals surface area contributed by atoms with Crippen molar-refractivity contribution in [1.29, 1.82) is 0 Å². The molecular formula is C28H25N3O4S. The van der Waals surface area contributed by atoms with E-state index < -0.39 is 0 Å². The molecule has 2 aliphatic rings. The molecule has 7 nitrogen and oxygen atoms in total. The second-order valence-electron chi connectivity index (χ2n) is 8.49. The van der Waals surface area contributed by atoms with Gasteiger partial charge in [0.1, 0.15) is 5.70 Å². The van der Waals surface area contributed by atoms with Crippen LogP contribution >= 0.6 is 11.8 Å². The van der Waals surface area contributed by atoms with Crippen LogP contribution in [0.25, 0.3) is 6.08 Å². The largest absolute Gasteiger partial charge is 0.454 e. The summed E-state index contributed by atoms with van der Waals surface area (Å²) in [5, 5.41) is 0.461. The van der Waals surface area contributed by atoms with Crippen LogP contribution in [0.4, 0.5) is 11.4 Å². The predicted molar refractivity (Wildman–Crippen MR) is 143 cm³/mol. The van der Waals surface area contributed by atoms with E-state index in [9.17, 15) is 9.59 Å². The van der Waals surface area contributed by atoms with Crippen LogP contribution in [-0.4, -0.2) is 35.6 Å². The maximum Gasteiger partial charge on any atom is 0.283 e. The summed E-state index contributed by atoms with van der Waals surface area (Å²) in [5.74, 6) is 1.13. The van der Waals surface area contributed by atoms with Crippen molar-refractivity contribution in [2.45, 2.75) is 19.9 Å². The van der Waals surface area contributed by atoms with E-state index >= 15 is 0 Å². The molecule has 0 aromatic heterocycles. The van der Waals surface area contributed by atoms with Gasteiger partial charge >= 0.3 is 0 Å². The molecule has 0 aliphatic carbocycles. The second-order valence-corrected chi connectivity index (χ2v) is 9.44. The Kier molecular flexibility index (Phi) is 6.77. The Bertz CT molecular complexity index is 1340. The number of carbonyl (C=O) groups excluding carboxylic acids is 2. The topological polar surface area (TPSA) is 71.4 Å². The summed E-state index contributed by atoms with van der Waals surface area (Å²) in [4.78, 5) is 34.7. The van der Waals surface area contributed by atoms with Gasteiger partial charge in [-0.15, -0.1) is 0 Å². The van der Waals surface area contributed by atoms with E-state index in [-0.39, 0.29) is 36.1 Å². The summed E-state index contributed by atoms with van der Waals surface area (Å²) in [5.41, 5.74) is 2.60. The van der Waals surface area contributed by atoms with E-state index in [4.69, 9.17) is 9.47 Å². The highest BCUT2D eigenvalue weighted by Crippen LogP contribution is 2.34. The third kappa shape index (κ3) is 4.85. The fourth-order valence-corrected chi connectivity index (χ4v) is 4.95. The number of fused-ring (bicyclic) bond motifs is 1. The van der Waals surface area contributed by atoms with Crippen LogP contribution in [0.15, 0.2) is 89.6 Å². The first-order chi connectivity index (χ1) is 17.5. The standard InChI is InChI=1S/C28H25N3O4S/c1-19(2)30(21-9-5-3-6-10-21)26(32)17-36-28-29-23(27(33)31(28)22-11-7-4-8-12-22)15-20-13-14-24-25(16-20)35-18-34-24/h3-16,19H,17-18H2,1-2H3/b23-15+. The van der Waals surface area contributed by atoms with Crippen LogP contribution in [0.3, 0.4) is 0 Å². The fourth-order valence-electron chi connectivity index (χ4n) is 4.07. The van der Waals surface area contributed by atoms with Crippen molar-refractivity contribution in [3.63, 3.8) is 0 Å². The molecule has 2 amide bonds. The van der Waals surface area contributed by atoms with E-state index in [1.807, 2.05) is 92.7 Å². The second kappa shape index (κ2) is 10.3. The highest BCUT2D eigenvalue weighted by molar-refractivity contribution is 8.14. The third-order valence-electron chi connectivity index (χ3n) is 5.69. The third-order valence-corrected chi connectivity index (χ3v) is 6.61. The molecule has 0 radical (unpaired) electrons. The lowest BCUT2D eigenvalue weighted by molar-refractivity contribution is -0.116. The average Bonchev–Trinajstić information content (AvgIpc) is 3.47. The number of hydrogen-bond donors (Lipinski definition) is 0. The lowest BCUT2D eigenvalue weighted by atomic mass is 10.1. The van der Waals surface area contributed by atoms with Gasteiger partial charge < -0.3 is 14.4 Å². The summed E-state index contributed by atoms with van der Waals surface area (Å²) >= 11 is 1.25. The molecule has 0 saturated carbocycles. The first-order valence-corrected chi connectivity index (χ1v) is 12.6. The summed E-state index contributed by atoms with van der Waals surface area (Å²) < 4.78 is 10.8. The molecule has 2 heterocycles. The number of para-hydroxylation sites is 2. The van der Waals surface area contributed by atoms with Gasteiger partial charge in [-0.2, -0.15) is 0 Å². The fraction of sp³-hybridized carbons (Fsp3) is 0.179. The number of anilines is 2. The Labute approximate surface area is 214 Å². The van der Waals surface area contributed by atoms with Crippen molar-refractivity contribution in [3.8, 4) is 11.5 Å². The average molecular weight is 500 g/mol. The van der Waals surface area contributed by atoms with Gasteiger partial charge in [-0.05, 0) is 61.9 Å². The Balaban J connectivity index is 1.42. The van der Waals surface area contributed by atoms with Crippen molar-refractivity contribution in [2.24, 2.45) is 4.99 Å². The number of amidine groups is 1. The van der Waals surface area contributed by atoms with Gasteiger partial charge in [-0.25, -0.2) is 4.99 Å². The quantitative estimate of drug-likeness (QED) is 0.429. The molecule has 0 spiro atoms. The monoisotopic (exact) mass is 499 g/mol. The number of aliphatic imine (C=N–C) groups is 1. The van der Waals surface area contributed by atoms with Crippen LogP contribution in [0.2, 0.25) is 0 Å². The Morgan fingerprint density at radius 2 is 1.72 bits per heavy atom. The number of rotatable bonds is 6. The molecule has 0 saturated heterocycles. The van der Waals surface area contributed by atoms with Gasteiger partial charge in [0.2, 0.25) is 12.7 Å². The number of carbonyl (C=O) groups is 2. The molecule has 3 aromatic rings. The van der Waals surface area contributed by atoms with Gasteiger partial charge in [0, 0.05) is 11.7 Å². The molecule has 0 bridgehead atoms. The van der Waals surface area contributed by atoms with E-state index in [0.29, 0.717) is 22.4 Å². The maximum atomic E-state index is 13.4.